The molecule has 0 saturated carbocycles. The maximum atomic E-state index is 5.69. The summed E-state index contributed by atoms with van der Waals surface area (Å²) in [7, 11) is 0. The van der Waals surface area contributed by atoms with Crippen LogP contribution in [0.1, 0.15) is 51.0 Å². The molecule has 0 bridgehead atoms. The molecule has 18 heavy (non-hydrogen) atoms. The highest BCUT2D eigenvalue weighted by Gasteiger charge is 2.00. The van der Waals surface area contributed by atoms with Gasteiger partial charge in [0.1, 0.15) is 0 Å². The van der Waals surface area contributed by atoms with Crippen molar-refractivity contribution < 1.29 is 4.74 Å². The van der Waals surface area contributed by atoms with Crippen LogP contribution in [0.15, 0.2) is 22.7 Å². The van der Waals surface area contributed by atoms with Gasteiger partial charge in [0.15, 0.2) is 0 Å². The number of anilines is 1. The summed E-state index contributed by atoms with van der Waals surface area (Å²) < 4.78 is 6.71. The second-order valence-corrected chi connectivity index (χ2v) is 5.53. The summed E-state index contributed by atoms with van der Waals surface area (Å²) in [6.07, 6.45) is 7.81. The molecule has 102 valence electrons. The number of unbranched alkanes of at least 4 members (excludes halogenated alkanes) is 5. The zero-order chi connectivity index (χ0) is 13.2. The van der Waals surface area contributed by atoms with Crippen LogP contribution in [0.5, 0.6) is 0 Å². The molecule has 0 saturated heterocycles. The molecule has 0 aromatic heterocycles. The van der Waals surface area contributed by atoms with Gasteiger partial charge in [-0.05, 0) is 24.1 Å². The third-order valence-corrected chi connectivity index (χ3v) is 3.72. The summed E-state index contributed by atoms with van der Waals surface area (Å²) in [5, 5.41) is 0. The van der Waals surface area contributed by atoms with E-state index in [0.29, 0.717) is 6.61 Å². The van der Waals surface area contributed by atoms with Crippen LogP contribution in [0.4, 0.5) is 5.69 Å². The van der Waals surface area contributed by atoms with Crippen LogP contribution in [-0.4, -0.2) is 6.61 Å². The lowest BCUT2D eigenvalue weighted by Crippen LogP contribution is -1.97. The first-order valence-electron chi connectivity index (χ1n) is 6.85. The van der Waals surface area contributed by atoms with Gasteiger partial charge in [0, 0.05) is 16.8 Å². The van der Waals surface area contributed by atoms with E-state index in [1.54, 1.807) is 0 Å². The second-order valence-electron chi connectivity index (χ2n) is 4.67. The predicted molar refractivity (Wildman–Crippen MR) is 81.6 cm³/mol. The summed E-state index contributed by atoms with van der Waals surface area (Å²) in [4.78, 5) is 0. The van der Waals surface area contributed by atoms with Crippen molar-refractivity contribution >= 4 is 21.6 Å². The van der Waals surface area contributed by atoms with Crippen LogP contribution in [0.2, 0.25) is 0 Å². The molecule has 0 atom stereocenters. The van der Waals surface area contributed by atoms with Gasteiger partial charge >= 0.3 is 0 Å². The topological polar surface area (TPSA) is 35.2 Å². The molecule has 0 radical (unpaired) electrons. The second kappa shape index (κ2) is 9.40. The normalized spacial score (nSPS) is 10.8. The molecular formula is C15H24BrNO. The SMILES string of the molecule is CCCCCCCCOCc1ccc(N)cc1Br. The highest BCUT2D eigenvalue weighted by atomic mass is 79.9. The van der Waals surface area contributed by atoms with E-state index in [2.05, 4.69) is 22.9 Å². The third-order valence-electron chi connectivity index (χ3n) is 2.98. The minimum absolute atomic E-state index is 0.663. The Morgan fingerprint density at radius 2 is 1.83 bits per heavy atom. The van der Waals surface area contributed by atoms with Gasteiger partial charge < -0.3 is 10.5 Å². The number of ether oxygens (including phenoxy) is 1. The zero-order valence-electron chi connectivity index (χ0n) is 11.3. The molecule has 0 fully saturated rings. The summed E-state index contributed by atoms with van der Waals surface area (Å²) >= 11 is 3.50. The predicted octanol–water partition coefficient (Wildman–Crippen LogP) is 4.91. The summed E-state index contributed by atoms with van der Waals surface area (Å²) in [5.41, 5.74) is 7.63. The van der Waals surface area contributed by atoms with Crippen LogP contribution < -0.4 is 5.73 Å². The summed E-state index contributed by atoms with van der Waals surface area (Å²) in [5.74, 6) is 0. The van der Waals surface area contributed by atoms with E-state index in [9.17, 15) is 0 Å². The van der Waals surface area contributed by atoms with Crippen molar-refractivity contribution in [3.05, 3.63) is 28.2 Å². The van der Waals surface area contributed by atoms with Crippen molar-refractivity contribution in [2.24, 2.45) is 0 Å². The number of nitrogens with two attached hydrogens (primary N) is 1. The largest absolute Gasteiger partial charge is 0.399 e. The Balaban J connectivity index is 2.07. The zero-order valence-corrected chi connectivity index (χ0v) is 12.8. The van der Waals surface area contributed by atoms with Crippen molar-refractivity contribution in [1.82, 2.24) is 0 Å². The van der Waals surface area contributed by atoms with E-state index in [4.69, 9.17) is 10.5 Å². The Morgan fingerprint density at radius 3 is 2.56 bits per heavy atom. The van der Waals surface area contributed by atoms with E-state index in [-0.39, 0.29) is 0 Å². The number of hydrogen-bond acceptors (Lipinski definition) is 2. The Hall–Kier alpha value is -0.540. The van der Waals surface area contributed by atoms with Crippen LogP contribution in [0.25, 0.3) is 0 Å². The molecule has 0 aliphatic heterocycles. The molecule has 2 N–H and O–H groups in total. The molecule has 0 unspecified atom stereocenters. The van der Waals surface area contributed by atoms with Crippen molar-refractivity contribution in [1.29, 1.82) is 0 Å². The summed E-state index contributed by atoms with van der Waals surface area (Å²) in [6, 6.07) is 5.85. The number of nitrogen functional groups attached to an aromatic ring is 1. The smallest absolute Gasteiger partial charge is 0.0727 e. The van der Waals surface area contributed by atoms with Crippen LogP contribution >= 0.6 is 15.9 Å². The highest BCUT2D eigenvalue weighted by molar-refractivity contribution is 9.10. The lowest BCUT2D eigenvalue weighted by atomic mass is 10.1. The lowest BCUT2D eigenvalue weighted by molar-refractivity contribution is 0.116. The van der Waals surface area contributed by atoms with Gasteiger partial charge in [0.25, 0.3) is 0 Å². The van der Waals surface area contributed by atoms with Gasteiger partial charge in [-0.25, -0.2) is 0 Å². The van der Waals surface area contributed by atoms with E-state index in [0.717, 1.165) is 28.8 Å². The van der Waals surface area contributed by atoms with E-state index in [1.165, 1.54) is 32.1 Å². The van der Waals surface area contributed by atoms with E-state index < -0.39 is 0 Å². The molecule has 2 nitrogen and oxygen atoms in total. The van der Waals surface area contributed by atoms with Crippen molar-refractivity contribution in [3.63, 3.8) is 0 Å². The molecule has 0 aliphatic carbocycles. The maximum absolute atomic E-state index is 5.69. The average molecular weight is 314 g/mol. The van der Waals surface area contributed by atoms with Crippen molar-refractivity contribution in [2.45, 2.75) is 52.1 Å². The Labute approximate surface area is 119 Å². The van der Waals surface area contributed by atoms with Crippen LogP contribution in [0.3, 0.4) is 0 Å². The first-order valence-corrected chi connectivity index (χ1v) is 7.65. The minimum atomic E-state index is 0.663. The molecule has 0 spiro atoms. The molecule has 1 aromatic rings. The van der Waals surface area contributed by atoms with E-state index >= 15 is 0 Å². The monoisotopic (exact) mass is 313 g/mol. The van der Waals surface area contributed by atoms with Gasteiger partial charge in [-0.15, -0.1) is 0 Å². The molecular weight excluding hydrogens is 290 g/mol. The molecule has 1 rings (SSSR count). The van der Waals surface area contributed by atoms with Gasteiger partial charge in [-0.2, -0.15) is 0 Å². The Morgan fingerprint density at radius 1 is 1.11 bits per heavy atom. The average Bonchev–Trinajstić information content (AvgIpc) is 2.35. The Kier molecular flexibility index (Phi) is 8.10. The minimum Gasteiger partial charge on any atom is -0.399 e. The summed E-state index contributed by atoms with van der Waals surface area (Å²) in [6.45, 7) is 3.76. The molecule has 0 amide bonds. The number of halogens is 1. The number of rotatable bonds is 9. The Bertz CT molecular complexity index is 341. The quantitative estimate of drug-likeness (QED) is 0.519. The molecule has 1 aromatic carbocycles. The first kappa shape index (κ1) is 15.5. The van der Waals surface area contributed by atoms with Gasteiger partial charge in [0.05, 0.1) is 6.61 Å². The fourth-order valence-electron chi connectivity index (χ4n) is 1.85. The van der Waals surface area contributed by atoms with Crippen molar-refractivity contribution in [2.75, 3.05) is 12.3 Å². The fraction of sp³-hybridized carbons (Fsp3) is 0.600. The van der Waals surface area contributed by atoms with Gasteiger partial charge in [-0.1, -0.05) is 61.0 Å². The molecule has 0 aliphatic rings. The van der Waals surface area contributed by atoms with Crippen LogP contribution in [0, 0.1) is 0 Å². The van der Waals surface area contributed by atoms with Gasteiger partial charge in [-0.3, -0.25) is 0 Å². The van der Waals surface area contributed by atoms with Crippen LogP contribution in [-0.2, 0) is 11.3 Å². The molecule has 0 heterocycles. The fourth-order valence-corrected chi connectivity index (χ4v) is 2.36. The highest BCUT2D eigenvalue weighted by Crippen LogP contribution is 2.20. The number of benzene rings is 1. The van der Waals surface area contributed by atoms with Crippen molar-refractivity contribution in [3.8, 4) is 0 Å². The maximum Gasteiger partial charge on any atom is 0.0727 e. The number of hydrogen-bond donors (Lipinski definition) is 1. The van der Waals surface area contributed by atoms with E-state index in [1.807, 2.05) is 18.2 Å². The third kappa shape index (κ3) is 6.41. The van der Waals surface area contributed by atoms with Gasteiger partial charge in [0.2, 0.25) is 0 Å². The lowest BCUT2D eigenvalue weighted by Gasteiger charge is -2.07. The standard InChI is InChI=1S/C15H24BrNO/c1-2-3-4-5-6-7-10-18-12-13-8-9-14(17)11-15(13)16/h8-9,11H,2-7,10,12,17H2,1H3. The first-order chi connectivity index (χ1) is 8.74. The molecule has 3 heteroatoms.